The second kappa shape index (κ2) is 9.43. The summed E-state index contributed by atoms with van der Waals surface area (Å²) in [5.74, 6) is -0.609. The zero-order valence-electron chi connectivity index (χ0n) is 18.1. The first kappa shape index (κ1) is 22.0. The topological polar surface area (TPSA) is 73.5 Å². The standard InChI is InChI=1S/C23H31FN4O2/c1-5-28(6-2)10-9-25-23(30)21-14(3)11-17(26-15(21)4)13-19-18-12-16(24)7-8-20(18)27-22(19)29/h7-8,12-14,17,26H,5-6,9-11H2,1-4H3,(H,25,30)(H,27,29)/b19-13-. The normalized spacial score (nSPS) is 22.2. The van der Waals surface area contributed by atoms with Crippen LogP contribution in [0.4, 0.5) is 10.1 Å². The minimum absolute atomic E-state index is 0.0398. The third kappa shape index (κ3) is 4.73. The molecular weight excluding hydrogens is 383 g/mol. The molecule has 0 saturated heterocycles. The van der Waals surface area contributed by atoms with E-state index in [1.54, 1.807) is 6.07 Å². The second-order valence-corrected chi connectivity index (χ2v) is 7.93. The molecule has 0 aromatic heterocycles. The highest BCUT2D eigenvalue weighted by Crippen LogP contribution is 2.34. The molecule has 1 aromatic rings. The van der Waals surface area contributed by atoms with E-state index < -0.39 is 0 Å². The van der Waals surface area contributed by atoms with Crippen molar-refractivity contribution in [2.45, 2.75) is 40.2 Å². The van der Waals surface area contributed by atoms with Crippen molar-refractivity contribution in [3.63, 3.8) is 0 Å². The number of amides is 2. The van der Waals surface area contributed by atoms with Gasteiger partial charge in [-0.1, -0.05) is 20.8 Å². The van der Waals surface area contributed by atoms with Crippen LogP contribution >= 0.6 is 0 Å². The van der Waals surface area contributed by atoms with Crippen molar-refractivity contribution in [1.29, 1.82) is 0 Å². The number of hydrogen-bond acceptors (Lipinski definition) is 4. The molecule has 2 amide bonds. The van der Waals surface area contributed by atoms with E-state index >= 15 is 0 Å². The second-order valence-electron chi connectivity index (χ2n) is 7.93. The molecular formula is C23H31FN4O2. The fourth-order valence-corrected chi connectivity index (χ4v) is 4.28. The maximum atomic E-state index is 13.7. The van der Waals surface area contributed by atoms with E-state index in [0.29, 0.717) is 29.8 Å². The highest BCUT2D eigenvalue weighted by atomic mass is 19.1. The molecule has 0 spiro atoms. The van der Waals surface area contributed by atoms with Crippen molar-refractivity contribution in [2.24, 2.45) is 5.92 Å². The van der Waals surface area contributed by atoms with Crippen molar-refractivity contribution in [1.82, 2.24) is 15.5 Å². The Morgan fingerprint density at radius 1 is 1.33 bits per heavy atom. The van der Waals surface area contributed by atoms with E-state index in [-0.39, 0.29) is 29.6 Å². The summed E-state index contributed by atoms with van der Waals surface area (Å²) >= 11 is 0. The summed E-state index contributed by atoms with van der Waals surface area (Å²) in [6.45, 7) is 11.5. The molecule has 7 heteroatoms. The smallest absolute Gasteiger partial charge is 0.256 e. The first-order valence-electron chi connectivity index (χ1n) is 10.6. The molecule has 0 bridgehead atoms. The number of carbonyl (C=O) groups excluding carboxylic acids is 2. The monoisotopic (exact) mass is 414 g/mol. The number of rotatable bonds is 7. The minimum Gasteiger partial charge on any atom is -0.382 e. The molecule has 6 nitrogen and oxygen atoms in total. The van der Waals surface area contributed by atoms with Crippen LogP contribution in [0.15, 0.2) is 35.5 Å². The van der Waals surface area contributed by atoms with Gasteiger partial charge in [0.15, 0.2) is 0 Å². The average Bonchev–Trinajstić information content (AvgIpc) is 2.99. The maximum absolute atomic E-state index is 13.7. The number of allylic oxidation sites excluding steroid dienone is 1. The van der Waals surface area contributed by atoms with Crippen molar-refractivity contribution in [2.75, 3.05) is 31.5 Å². The number of nitrogens with one attached hydrogen (secondary N) is 3. The summed E-state index contributed by atoms with van der Waals surface area (Å²) < 4.78 is 13.7. The highest BCUT2D eigenvalue weighted by Gasteiger charge is 2.30. The van der Waals surface area contributed by atoms with Gasteiger partial charge in [-0.3, -0.25) is 9.59 Å². The highest BCUT2D eigenvalue weighted by molar-refractivity contribution is 6.31. The lowest BCUT2D eigenvalue weighted by molar-refractivity contribution is -0.118. The Morgan fingerprint density at radius 3 is 2.73 bits per heavy atom. The van der Waals surface area contributed by atoms with Crippen molar-refractivity contribution < 1.29 is 14.0 Å². The predicted molar refractivity (Wildman–Crippen MR) is 117 cm³/mol. The van der Waals surface area contributed by atoms with Crippen LogP contribution in [0.2, 0.25) is 0 Å². The van der Waals surface area contributed by atoms with Gasteiger partial charge in [0, 0.05) is 47.2 Å². The summed E-state index contributed by atoms with van der Waals surface area (Å²) in [6.07, 6.45) is 2.52. The van der Waals surface area contributed by atoms with E-state index in [4.69, 9.17) is 0 Å². The molecule has 0 aliphatic carbocycles. The fraction of sp³-hybridized carbons (Fsp3) is 0.478. The predicted octanol–water partition coefficient (Wildman–Crippen LogP) is 2.89. The van der Waals surface area contributed by atoms with Crippen LogP contribution in [-0.2, 0) is 9.59 Å². The maximum Gasteiger partial charge on any atom is 0.256 e. The molecule has 0 saturated carbocycles. The minimum atomic E-state index is -0.374. The van der Waals surface area contributed by atoms with Crippen molar-refractivity contribution >= 4 is 23.1 Å². The van der Waals surface area contributed by atoms with Gasteiger partial charge in [-0.15, -0.1) is 0 Å². The molecule has 0 fully saturated rings. The molecule has 3 N–H and O–H groups in total. The van der Waals surface area contributed by atoms with E-state index in [2.05, 4.69) is 34.7 Å². The molecule has 2 heterocycles. The molecule has 2 unspecified atom stereocenters. The van der Waals surface area contributed by atoms with E-state index in [9.17, 15) is 14.0 Å². The molecule has 3 rings (SSSR count). The van der Waals surface area contributed by atoms with Crippen LogP contribution in [-0.4, -0.2) is 48.9 Å². The van der Waals surface area contributed by atoms with Crippen LogP contribution in [0.3, 0.4) is 0 Å². The molecule has 30 heavy (non-hydrogen) atoms. The van der Waals surface area contributed by atoms with Gasteiger partial charge in [0.1, 0.15) is 5.82 Å². The molecule has 162 valence electrons. The average molecular weight is 415 g/mol. The fourth-order valence-electron chi connectivity index (χ4n) is 4.28. The van der Waals surface area contributed by atoms with Crippen molar-refractivity contribution in [3.05, 3.63) is 46.9 Å². The summed E-state index contributed by atoms with van der Waals surface area (Å²) in [5.41, 5.74) is 3.24. The van der Waals surface area contributed by atoms with Crippen LogP contribution in [0.1, 0.15) is 39.7 Å². The largest absolute Gasteiger partial charge is 0.382 e. The number of carbonyl (C=O) groups is 2. The summed E-state index contributed by atoms with van der Waals surface area (Å²) in [6, 6.07) is 4.18. The number of benzene rings is 1. The van der Waals surface area contributed by atoms with Gasteiger partial charge in [0.05, 0.1) is 0 Å². The SMILES string of the molecule is CCN(CC)CCNC(=O)C1=C(C)NC(/C=C2\C(=O)Nc3ccc(F)cc32)CC1C. The van der Waals surface area contributed by atoms with Crippen LogP contribution < -0.4 is 16.0 Å². The lowest BCUT2D eigenvalue weighted by atomic mass is 9.86. The molecule has 2 aliphatic heterocycles. The van der Waals surface area contributed by atoms with Crippen LogP contribution in [0, 0.1) is 11.7 Å². The van der Waals surface area contributed by atoms with E-state index in [1.165, 1.54) is 12.1 Å². The van der Waals surface area contributed by atoms with E-state index in [1.807, 2.05) is 19.9 Å². The quantitative estimate of drug-likeness (QED) is 0.600. The number of fused-ring (bicyclic) bond motifs is 1. The Labute approximate surface area is 177 Å². The van der Waals surface area contributed by atoms with Gasteiger partial charge in [-0.25, -0.2) is 4.39 Å². The Hall–Kier alpha value is -2.67. The molecule has 2 aliphatic rings. The van der Waals surface area contributed by atoms with Gasteiger partial charge in [0.25, 0.3) is 5.91 Å². The first-order valence-corrected chi connectivity index (χ1v) is 10.6. The number of anilines is 1. The third-order valence-electron chi connectivity index (χ3n) is 5.89. The van der Waals surface area contributed by atoms with Gasteiger partial charge >= 0.3 is 0 Å². The lowest BCUT2D eigenvalue weighted by Gasteiger charge is -2.31. The summed E-state index contributed by atoms with van der Waals surface area (Å²) in [5, 5.41) is 9.15. The number of nitrogens with zero attached hydrogens (tertiary/aromatic N) is 1. The number of hydrogen-bond donors (Lipinski definition) is 3. The van der Waals surface area contributed by atoms with Gasteiger partial charge in [0.2, 0.25) is 5.91 Å². The van der Waals surface area contributed by atoms with Crippen LogP contribution in [0.25, 0.3) is 5.57 Å². The molecule has 2 atom stereocenters. The lowest BCUT2D eigenvalue weighted by Crippen LogP contribution is -2.41. The zero-order valence-corrected chi connectivity index (χ0v) is 18.1. The van der Waals surface area contributed by atoms with Crippen LogP contribution in [0.5, 0.6) is 0 Å². The molecule has 1 aromatic carbocycles. The Balaban J connectivity index is 1.71. The number of likely N-dealkylation sites (N-methyl/N-ethyl adjacent to an activating group) is 1. The van der Waals surface area contributed by atoms with E-state index in [0.717, 1.165) is 30.9 Å². The Morgan fingerprint density at radius 2 is 2.07 bits per heavy atom. The number of halogens is 1. The third-order valence-corrected chi connectivity index (χ3v) is 5.89. The summed E-state index contributed by atoms with van der Waals surface area (Å²) in [4.78, 5) is 27.4. The van der Waals surface area contributed by atoms with Gasteiger partial charge in [-0.05, 0) is 56.6 Å². The molecule has 0 radical (unpaired) electrons. The first-order chi connectivity index (χ1) is 14.3. The van der Waals surface area contributed by atoms with Gasteiger partial charge in [-0.2, -0.15) is 0 Å². The Kier molecular flexibility index (Phi) is 6.92. The zero-order chi connectivity index (χ0) is 21.8. The Bertz CT molecular complexity index is 889. The summed E-state index contributed by atoms with van der Waals surface area (Å²) in [7, 11) is 0. The van der Waals surface area contributed by atoms with Gasteiger partial charge < -0.3 is 20.9 Å². The van der Waals surface area contributed by atoms with Crippen molar-refractivity contribution in [3.8, 4) is 0 Å².